The molecule has 1 heterocycles. The lowest BCUT2D eigenvalue weighted by Gasteiger charge is -2.10. The quantitative estimate of drug-likeness (QED) is 0.648. The number of aromatic nitrogens is 2. The Morgan fingerprint density at radius 3 is 2.76 bits per heavy atom. The van der Waals surface area contributed by atoms with Gasteiger partial charge in [0.15, 0.2) is 0 Å². The highest BCUT2D eigenvalue weighted by atomic mass is 35.5. The number of fused-ring (bicyclic) bond motifs is 1. The first kappa shape index (κ1) is 13.9. The summed E-state index contributed by atoms with van der Waals surface area (Å²) in [6.07, 6.45) is 0. The fraction of sp³-hybridized carbons (Fsp3) is 0.125. The monoisotopic (exact) mass is 315 g/mol. The van der Waals surface area contributed by atoms with Gasteiger partial charge in [-0.15, -0.1) is 11.6 Å². The number of alkyl halides is 1. The van der Waals surface area contributed by atoms with Crippen molar-refractivity contribution in [1.82, 2.24) is 9.55 Å². The van der Waals surface area contributed by atoms with Crippen LogP contribution < -0.4 is 0 Å². The van der Waals surface area contributed by atoms with Crippen LogP contribution in [0.2, 0.25) is 5.02 Å². The van der Waals surface area contributed by atoms with Gasteiger partial charge in [0.2, 0.25) is 0 Å². The number of nitrogens with zero attached hydrogens (tertiary/aromatic N) is 3. The summed E-state index contributed by atoms with van der Waals surface area (Å²) < 4.78 is 1.91. The Morgan fingerprint density at radius 1 is 1.24 bits per heavy atom. The summed E-state index contributed by atoms with van der Waals surface area (Å²) in [6.45, 7) is 2.02. The zero-order valence-corrected chi connectivity index (χ0v) is 12.8. The van der Waals surface area contributed by atoms with Gasteiger partial charge in [-0.1, -0.05) is 17.7 Å². The molecule has 1 aromatic heterocycles. The summed E-state index contributed by atoms with van der Waals surface area (Å²) in [5.74, 6) is 0.968. The molecule has 0 bridgehead atoms. The van der Waals surface area contributed by atoms with Crippen molar-refractivity contribution in [3.8, 4) is 11.8 Å². The summed E-state index contributed by atoms with van der Waals surface area (Å²) in [4.78, 5) is 4.55. The van der Waals surface area contributed by atoms with Crippen molar-refractivity contribution < 1.29 is 0 Å². The molecule has 0 atom stereocenters. The molecule has 3 aromatic rings. The molecule has 3 nitrogen and oxygen atoms in total. The highest BCUT2D eigenvalue weighted by molar-refractivity contribution is 6.32. The maximum atomic E-state index is 9.08. The number of halogens is 2. The number of hydrogen-bond acceptors (Lipinski definition) is 2. The fourth-order valence-electron chi connectivity index (χ4n) is 2.35. The molecule has 104 valence electrons. The van der Waals surface area contributed by atoms with E-state index in [9.17, 15) is 0 Å². The lowest BCUT2D eigenvalue weighted by Crippen LogP contribution is -2.00. The van der Waals surface area contributed by atoms with Crippen LogP contribution in [-0.2, 0) is 5.88 Å². The summed E-state index contributed by atoms with van der Waals surface area (Å²) in [5.41, 5.74) is 4.18. The second-order valence-electron chi connectivity index (χ2n) is 4.77. The molecule has 0 radical (unpaired) electrons. The van der Waals surface area contributed by atoms with Gasteiger partial charge in [-0.05, 0) is 42.8 Å². The molecule has 21 heavy (non-hydrogen) atoms. The molecule has 2 aromatic carbocycles. The van der Waals surface area contributed by atoms with Crippen LogP contribution in [0.3, 0.4) is 0 Å². The summed E-state index contributed by atoms with van der Waals surface area (Å²) in [5, 5.41) is 9.64. The molecule has 0 saturated heterocycles. The third kappa shape index (κ3) is 2.37. The first-order chi connectivity index (χ1) is 10.1. The second-order valence-corrected chi connectivity index (χ2v) is 5.44. The molecule has 0 fully saturated rings. The van der Waals surface area contributed by atoms with Crippen molar-refractivity contribution in [2.24, 2.45) is 0 Å². The predicted molar refractivity (Wildman–Crippen MR) is 85.1 cm³/mol. The first-order valence-corrected chi connectivity index (χ1v) is 7.29. The third-order valence-corrected chi connectivity index (χ3v) is 3.87. The van der Waals surface area contributed by atoms with Crippen LogP contribution in [-0.4, -0.2) is 9.55 Å². The Morgan fingerprint density at radius 2 is 2.05 bits per heavy atom. The van der Waals surface area contributed by atoms with Crippen LogP contribution in [0.1, 0.15) is 17.0 Å². The Kier molecular flexibility index (Phi) is 3.59. The standard InChI is InChI=1S/C16H11Cl2N3/c1-10-2-5-14-13(6-10)20-16(8-17)21(14)15-7-11(9-19)3-4-12(15)18/h2-7H,8H2,1H3. The van der Waals surface area contributed by atoms with Crippen molar-refractivity contribution in [3.05, 3.63) is 58.4 Å². The molecule has 0 amide bonds. The largest absolute Gasteiger partial charge is 0.294 e. The summed E-state index contributed by atoms with van der Waals surface area (Å²) >= 11 is 12.3. The number of rotatable bonds is 2. The average Bonchev–Trinajstić information content (AvgIpc) is 2.85. The van der Waals surface area contributed by atoms with Crippen LogP contribution in [0.5, 0.6) is 0 Å². The van der Waals surface area contributed by atoms with E-state index < -0.39 is 0 Å². The average molecular weight is 316 g/mol. The molecule has 0 aliphatic heterocycles. The van der Waals surface area contributed by atoms with Gasteiger partial charge < -0.3 is 0 Å². The Balaban J connectivity index is 2.36. The molecular weight excluding hydrogens is 305 g/mol. The Labute approximate surface area is 132 Å². The van der Waals surface area contributed by atoms with Crippen molar-refractivity contribution in [2.75, 3.05) is 0 Å². The summed E-state index contributed by atoms with van der Waals surface area (Å²) in [6, 6.07) is 13.3. The number of hydrogen-bond donors (Lipinski definition) is 0. The highest BCUT2D eigenvalue weighted by Gasteiger charge is 2.14. The van der Waals surface area contributed by atoms with Crippen LogP contribution in [0.4, 0.5) is 0 Å². The lowest BCUT2D eigenvalue weighted by molar-refractivity contribution is 0.981. The number of imidazole rings is 1. The van der Waals surface area contributed by atoms with Crippen LogP contribution in [0, 0.1) is 18.3 Å². The van der Waals surface area contributed by atoms with E-state index in [0.717, 1.165) is 22.3 Å². The van der Waals surface area contributed by atoms with Gasteiger partial charge in [-0.3, -0.25) is 4.57 Å². The second kappa shape index (κ2) is 5.40. The molecule has 0 unspecified atom stereocenters. The number of benzene rings is 2. The van der Waals surface area contributed by atoms with Crippen LogP contribution in [0.25, 0.3) is 16.7 Å². The SMILES string of the molecule is Cc1ccc2c(c1)nc(CCl)n2-c1cc(C#N)ccc1Cl. The maximum absolute atomic E-state index is 9.08. The van der Waals surface area contributed by atoms with Crippen molar-refractivity contribution in [2.45, 2.75) is 12.8 Å². The predicted octanol–water partition coefficient (Wildman–Crippen LogP) is 4.60. The first-order valence-electron chi connectivity index (χ1n) is 6.38. The van der Waals surface area contributed by atoms with Gasteiger partial charge >= 0.3 is 0 Å². The topological polar surface area (TPSA) is 41.6 Å². The minimum absolute atomic E-state index is 0.265. The zero-order valence-electron chi connectivity index (χ0n) is 11.3. The van der Waals surface area contributed by atoms with E-state index in [1.807, 2.05) is 29.7 Å². The van der Waals surface area contributed by atoms with Gasteiger partial charge in [0.1, 0.15) is 5.82 Å². The van der Waals surface area contributed by atoms with Gasteiger partial charge in [-0.25, -0.2) is 4.98 Å². The molecule has 3 rings (SSSR count). The molecule has 0 N–H and O–H groups in total. The Hall–Kier alpha value is -2.02. The lowest BCUT2D eigenvalue weighted by atomic mass is 10.2. The summed E-state index contributed by atoms with van der Waals surface area (Å²) in [7, 11) is 0. The Bertz CT molecular complexity index is 875. The van der Waals surface area contributed by atoms with Gasteiger partial charge in [-0.2, -0.15) is 5.26 Å². The van der Waals surface area contributed by atoms with Crippen molar-refractivity contribution in [1.29, 1.82) is 5.26 Å². The fourth-order valence-corrected chi connectivity index (χ4v) is 2.73. The normalized spacial score (nSPS) is 10.8. The van der Waals surface area contributed by atoms with E-state index >= 15 is 0 Å². The van der Waals surface area contributed by atoms with Crippen LogP contribution in [0.15, 0.2) is 36.4 Å². The minimum atomic E-state index is 0.265. The molecule has 5 heteroatoms. The van der Waals surface area contributed by atoms with E-state index in [-0.39, 0.29) is 5.88 Å². The minimum Gasteiger partial charge on any atom is -0.294 e. The third-order valence-electron chi connectivity index (χ3n) is 3.32. The molecular formula is C16H11Cl2N3. The van der Waals surface area contributed by atoms with Crippen molar-refractivity contribution >= 4 is 34.2 Å². The zero-order chi connectivity index (χ0) is 15.0. The van der Waals surface area contributed by atoms with E-state index in [4.69, 9.17) is 28.5 Å². The van der Waals surface area contributed by atoms with Gasteiger partial charge in [0.05, 0.1) is 39.3 Å². The number of nitriles is 1. The molecule has 0 aliphatic carbocycles. The molecule has 0 spiro atoms. The highest BCUT2D eigenvalue weighted by Crippen LogP contribution is 2.29. The smallest absolute Gasteiger partial charge is 0.129 e. The van der Waals surface area contributed by atoms with Gasteiger partial charge in [0, 0.05) is 0 Å². The molecule has 0 saturated carbocycles. The van der Waals surface area contributed by atoms with Crippen molar-refractivity contribution in [3.63, 3.8) is 0 Å². The van der Waals surface area contributed by atoms with E-state index in [0.29, 0.717) is 16.4 Å². The molecule has 0 aliphatic rings. The maximum Gasteiger partial charge on any atom is 0.129 e. The number of aryl methyl sites for hydroxylation is 1. The van der Waals surface area contributed by atoms with E-state index in [1.165, 1.54) is 0 Å². The van der Waals surface area contributed by atoms with E-state index in [2.05, 4.69) is 11.1 Å². The van der Waals surface area contributed by atoms with Gasteiger partial charge in [0.25, 0.3) is 0 Å². The van der Waals surface area contributed by atoms with E-state index in [1.54, 1.807) is 18.2 Å². The van der Waals surface area contributed by atoms with Crippen LogP contribution >= 0.6 is 23.2 Å².